The fourth-order valence-electron chi connectivity index (χ4n) is 4.02. The average molecular weight is 341 g/mol. The maximum Gasteiger partial charge on any atom is 0.220 e. The number of nitrogens with one attached hydrogen (secondary N) is 1. The Balaban J connectivity index is 1.35. The van der Waals surface area contributed by atoms with Crippen molar-refractivity contribution in [1.82, 2.24) is 15.2 Å². The van der Waals surface area contributed by atoms with Gasteiger partial charge in [0, 0.05) is 49.8 Å². The van der Waals surface area contributed by atoms with Gasteiger partial charge in [0.25, 0.3) is 0 Å². The molecule has 2 aliphatic rings. The van der Waals surface area contributed by atoms with Gasteiger partial charge in [-0.25, -0.2) is 0 Å². The summed E-state index contributed by atoms with van der Waals surface area (Å²) in [6.45, 7) is 4.54. The number of carbonyl (C=O) groups is 1. The molecule has 2 atom stereocenters. The quantitative estimate of drug-likeness (QED) is 0.868. The minimum Gasteiger partial charge on any atom is -0.468 e. The van der Waals surface area contributed by atoms with Crippen LogP contribution in [0.4, 0.5) is 0 Å². The van der Waals surface area contributed by atoms with Crippen molar-refractivity contribution < 1.29 is 13.9 Å². The molecule has 0 aliphatic carbocycles. The third-order valence-corrected chi connectivity index (χ3v) is 5.28. The molecule has 2 fully saturated rings. The molecule has 4 rings (SSSR count). The second kappa shape index (κ2) is 6.98. The molecule has 4 heterocycles. The third kappa shape index (κ3) is 3.60. The van der Waals surface area contributed by atoms with Crippen LogP contribution in [-0.2, 0) is 22.6 Å². The maximum absolute atomic E-state index is 12.5. The number of furan rings is 1. The predicted octanol–water partition coefficient (Wildman–Crippen LogP) is 1.83. The number of ether oxygens (including phenoxy) is 1. The van der Waals surface area contributed by atoms with E-state index in [1.54, 1.807) is 18.7 Å². The van der Waals surface area contributed by atoms with Gasteiger partial charge in [0.1, 0.15) is 5.76 Å². The highest BCUT2D eigenvalue weighted by molar-refractivity contribution is 5.77. The lowest BCUT2D eigenvalue weighted by atomic mass is 9.78. The van der Waals surface area contributed by atoms with Crippen LogP contribution in [0.25, 0.3) is 0 Å². The lowest BCUT2D eigenvalue weighted by Gasteiger charge is -2.26. The zero-order valence-electron chi connectivity index (χ0n) is 14.2. The summed E-state index contributed by atoms with van der Waals surface area (Å²) in [4.78, 5) is 19.0. The van der Waals surface area contributed by atoms with Gasteiger partial charge in [0.15, 0.2) is 0 Å². The van der Waals surface area contributed by atoms with Gasteiger partial charge in [-0.3, -0.25) is 14.7 Å². The van der Waals surface area contributed by atoms with Crippen molar-refractivity contribution in [2.45, 2.75) is 19.5 Å². The monoisotopic (exact) mass is 341 g/mol. The van der Waals surface area contributed by atoms with Crippen LogP contribution in [0.15, 0.2) is 47.3 Å². The molecule has 0 unspecified atom stereocenters. The summed E-state index contributed by atoms with van der Waals surface area (Å²) in [5.74, 6) is 1.46. The second-order valence-electron chi connectivity index (χ2n) is 7.14. The van der Waals surface area contributed by atoms with Crippen LogP contribution in [0.2, 0.25) is 0 Å². The molecule has 0 bridgehead atoms. The summed E-state index contributed by atoms with van der Waals surface area (Å²) < 4.78 is 11.2. The van der Waals surface area contributed by atoms with E-state index < -0.39 is 0 Å². The first-order valence-corrected chi connectivity index (χ1v) is 8.72. The van der Waals surface area contributed by atoms with Gasteiger partial charge in [-0.15, -0.1) is 0 Å². The zero-order chi connectivity index (χ0) is 17.1. The second-order valence-corrected chi connectivity index (χ2v) is 7.14. The van der Waals surface area contributed by atoms with Crippen molar-refractivity contribution in [2.24, 2.45) is 11.3 Å². The number of likely N-dealkylation sites (tertiary alicyclic amines) is 1. The first kappa shape index (κ1) is 16.3. The fraction of sp³-hybridized carbons (Fsp3) is 0.474. The molecule has 1 amide bonds. The van der Waals surface area contributed by atoms with E-state index in [-0.39, 0.29) is 11.3 Å². The van der Waals surface area contributed by atoms with Crippen molar-refractivity contribution in [3.8, 4) is 0 Å². The van der Waals surface area contributed by atoms with Crippen LogP contribution >= 0.6 is 0 Å². The molecule has 6 heteroatoms. The Morgan fingerprint density at radius 1 is 1.40 bits per heavy atom. The SMILES string of the molecule is O=C(C[C@]12COC[C@H]1CN(Cc1ccco1)C2)NCc1cccnc1. The highest BCUT2D eigenvalue weighted by Gasteiger charge is 2.51. The molecule has 6 nitrogen and oxygen atoms in total. The van der Waals surface area contributed by atoms with E-state index in [0.29, 0.717) is 25.5 Å². The third-order valence-electron chi connectivity index (χ3n) is 5.28. The summed E-state index contributed by atoms with van der Waals surface area (Å²) in [6, 6.07) is 7.76. The summed E-state index contributed by atoms with van der Waals surface area (Å²) in [5, 5.41) is 3.02. The van der Waals surface area contributed by atoms with Gasteiger partial charge in [-0.2, -0.15) is 0 Å². The number of hydrogen-bond donors (Lipinski definition) is 1. The van der Waals surface area contributed by atoms with Crippen molar-refractivity contribution in [1.29, 1.82) is 0 Å². The largest absolute Gasteiger partial charge is 0.468 e. The number of hydrogen-bond acceptors (Lipinski definition) is 5. The van der Waals surface area contributed by atoms with E-state index in [1.807, 2.05) is 24.3 Å². The number of amides is 1. The van der Waals surface area contributed by atoms with E-state index in [1.165, 1.54) is 0 Å². The van der Waals surface area contributed by atoms with Crippen molar-refractivity contribution in [3.63, 3.8) is 0 Å². The van der Waals surface area contributed by atoms with Crippen LogP contribution < -0.4 is 5.32 Å². The van der Waals surface area contributed by atoms with Crippen molar-refractivity contribution in [3.05, 3.63) is 54.2 Å². The first-order chi connectivity index (χ1) is 12.2. The predicted molar refractivity (Wildman–Crippen MR) is 91.4 cm³/mol. The van der Waals surface area contributed by atoms with Gasteiger partial charge in [0.2, 0.25) is 5.91 Å². The Morgan fingerprint density at radius 2 is 2.36 bits per heavy atom. The molecule has 0 radical (unpaired) electrons. The normalized spacial score (nSPS) is 25.8. The Hall–Kier alpha value is -2.18. The van der Waals surface area contributed by atoms with Crippen LogP contribution in [0.3, 0.4) is 0 Å². The standard InChI is InChI=1S/C19H23N3O3/c23-18(21-9-15-3-1-5-20-8-15)7-19-13-22(10-16(19)12-24-14-19)11-17-4-2-6-25-17/h1-6,8,16H,7,9-14H2,(H,21,23)/t16-,19+/m1/s1. The van der Waals surface area contributed by atoms with Crippen LogP contribution in [-0.4, -0.2) is 42.1 Å². The number of rotatable bonds is 6. The van der Waals surface area contributed by atoms with E-state index >= 15 is 0 Å². The number of nitrogens with zero attached hydrogens (tertiary/aromatic N) is 2. The number of fused-ring (bicyclic) bond motifs is 1. The molecule has 0 spiro atoms. The Bertz CT molecular complexity index is 704. The molecular weight excluding hydrogens is 318 g/mol. The van der Waals surface area contributed by atoms with Gasteiger partial charge in [-0.05, 0) is 23.8 Å². The zero-order valence-corrected chi connectivity index (χ0v) is 14.2. The van der Waals surface area contributed by atoms with E-state index in [4.69, 9.17) is 9.15 Å². The van der Waals surface area contributed by atoms with Crippen molar-refractivity contribution >= 4 is 5.91 Å². The molecule has 0 saturated carbocycles. The Morgan fingerprint density at radius 3 is 3.16 bits per heavy atom. The number of aromatic nitrogens is 1. The highest BCUT2D eigenvalue weighted by atomic mass is 16.5. The first-order valence-electron chi connectivity index (χ1n) is 8.72. The fourth-order valence-corrected chi connectivity index (χ4v) is 4.02. The molecule has 2 saturated heterocycles. The summed E-state index contributed by atoms with van der Waals surface area (Å²) in [6.07, 6.45) is 5.72. The molecule has 25 heavy (non-hydrogen) atoms. The van der Waals surface area contributed by atoms with Crippen LogP contribution in [0.5, 0.6) is 0 Å². The van der Waals surface area contributed by atoms with Gasteiger partial charge in [0.05, 0.1) is 26.0 Å². The lowest BCUT2D eigenvalue weighted by molar-refractivity contribution is -0.123. The smallest absolute Gasteiger partial charge is 0.220 e. The number of carbonyl (C=O) groups excluding carboxylic acids is 1. The molecule has 2 aliphatic heterocycles. The summed E-state index contributed by atoms with van der Waals surface area (Å²) >= 11 is 0. The van der Waals surface area contributed by atoms with Gasteiger partial charge in [-0.1, -0.05) is 6.07 Å². The Labute approximate surface area is 147 Å². The summed E-state index contributed by atoms with van der Waals surface area (Å²) in [5.41, 5.74) is 0.935. The van der Waals surface area contributed by atoms with Crippen molar-refractivity contribution in [2.75, 3.05) is 26.3 Å². The van der Waals surface area contributed by atoms with Crippen LogP contribution in [0, 0.1) is 11.3 Å². The lowest BCUT2D eigenvalue weighted by Crippen LogP contribution is -2.37. The molecule has 1 N–H and O–H groups in total. The molecule has 2 aromatic heterocycles. The summed E-state index contributed by atoms with van der Waals surface area (Å²) in [7, 11) is 0. The Kier molecular flexibility index (Phi) is 4.55. The average Bonchev–Trinajstić information content (AvgIpc) is 3.31. The molecular formula is C19H23N3O3. The topological polar surface area (TPSA) is 67.6 Å². The van der Waals surface area contributed by atoms with Gasteiger partial charge < -0.3 is 14.5 Å². The minimum atomic E-state index is -0.0778. The maximum atomic E-state index is 12.5. The minimum absolute atomic E-state index is 0.0778. The molecule has 0 aromatic carbocycles. The highest BCUT2D eigenvalue weighted by Crippen LogP contribution is 2.44. The van der Waals surface area contributed by atoms with E-state index in [0.717, 1.165) is 37.6 Å². The van der Waals surface area contributed by atoms with E-state index in [9.17, 15) is 4.79 Å². The molecule has 2 aromatic rings. The van der Waals surface area contributed by atoms with E-state index in [2.05, 4.69) is 15.2 Å². The van der Waals surface area contributed by atoms with Gasteiger partial charge >= 0.3 is 0 Å². The van der Waals surface area contributed by atoms with Crippen LogP contribution in [0.1, 0.15) is 17.7 Å². The number of pyridine rings is 1. The molecule has 132 valence electrons.